The van der Waals surface area contributed by atoms with E-state index in [-0.39, 0.29) is 6.23 Å². The number of nitrogens with zero attached hydrogens (tertiary/aromatic N) is 1. The van der Waals surface area contributed by atoms with Crippen LogP contribution in [0.2, 0.25) is 15.1 Å². The third-order valence-electron chi connectivity index (χ3n) is 3.11. The van der Waals surface area contributed by atoms with Crippen LogP contribution in [0.5, 0.6) is 5.75 Å². The lowest BCUT2D eigenvalue weighted by Crippen LogP contribution is -2.37. The van der Waals surface area contributed by atoms with Crippen LogP contribution in [0, 0.1) is 0 Å². The number of hydrogen-bond donors (Lipinski definition) is 0. The van der Waals surface area contributed by atoms with E-state index in [1.54, 1.807) is 18.2 Å². The Morgan fingerprint density at radius 2 is 1.76 bits per heavy atom. The van der Waals surface area contributed by atoms with E-state index in [1.165, 1.54) is 0 Å². The Hall–Kier alpha value is -1.09. The van der Waals surface area contributed by atoms with E-state index in [2.05, 4.69) is 11.8 Å². The van der Waals surface area contributed by atoms with Gasteiger partial charge in [-0.05, 0) is 44.2 Å². The fourth-order valence-corrected chi connectivity index (χ4v) is 2.63. The van der Waals surface area contributed by atoms with Gasteiger partial charge in [0.2, 0.25) is 0 Å². The van der Waals surface area contributed by atoms with Crippen LogP contribution in [0.25, 0.3) is 0 Å². The van der Waals surface area contributed by atoms with Gasteiger partial charge in [0.05, 0.1) is 5.02 Å². The molecule has 0 saturated carbocycles. The Labute approximate surface area is 140 Å². The lowest BCUT2D eigenvalue weighted by molar-refractivity contribution is 0.216. The van der Waals surface area contributed by atoms with Crippen molar-refractivity contribution in [3.8, 4) is 5.75 Å². The fraction of sp³-hybridized carbons (Fsp3) is 0.250. The molecule has 1 unspecified atom stereocenters. The number of halogens is 3. The first kappa shape index (κ1) is 16.3. The second kappa shape index (κ2) is 7.26. The number of ether oxygens (including phenoxy) is 1. The van der Waals surface area contributed by atoms with Gasteiger partial charge in [0.15, 0.2) is 6.23 Å². The average molecular weight is 345 g/mol. The summed E-state index contributed by atoms with van der Waals surface area (Å²) >= 11 is 18.2. The van der Waals surface area contributed by atoms with Crippen molar-refractivity contribution in [3.05, 3.63) is 57.5 Å². The predicted molar refractivity (Wildman–Crippen MR) is 91.0 cm³/mol. The molecule has 0 N–H and O–H groups in total. The largest absolute Gasteiger partial charge is 0.469 e. The Morgan fingerprint density at radius 3 is 2.43 bits per heavy atom. The zero-order valence-electron chi connectivity index (χ0n) is 11.8. The molecule has 2 nitrogen and oxygen atoms in total. The normalized spacial score (nSPS) is 12.0. The van der Waals surface area contributed by atoms with Crippen LogP contribution < -0.4 is 9.64 Å². The van der Waals surface area contributed by atoms with Crippen molar-refractivity contribution in [2.75, 3.05) is 11.4 Å². The summed E-state index contributed by atoms with van der Waals surface area (Å²) in [6.07, 6.45) is -0.204. The van der Waals surface area contributed by atoms with Crippen LogP contribution in [0.3, 0.4) is 0 Å². The monoisotopic (exact) mass is 343 g/mol. The summed E-state index contributed by atoms with van der Waals surface area (Å²) < 4.78 is 5.94. The van der Waals surface area contributed by atoms with E-state index in [0.29, 0.717) is 20.8 Å². The van der Waals surface area contributed by atoms with Crippen molar-refractivity contribution in [2.24, 2.45) is 0 Å². The minimum atomic E-state index is -0.204. The van der Waals surface area contributed by atoms with E-state index in [9.17, 15) is 0 Å². The van der Waals surface area contributed by atoms with Gasteiger partial charge in [0.25, 0.3) is 0 Å². The Morgan fingerprint density at radius 1 is 1.05 bits per heavy atom. The van der Waals surface area contributed by atoms with Gasteiger partial charge < -0.3 is 9.64 Å². The smallest absolute Gasteiger partial charge is 0.169 e. The van der Waals surface area contributed by atoms with Crippen molar-refractivity contribution in [3.63, 3.8) is 0 Å². The molecular weight excluding hydrogens is 329 g/mol. The van der Waals surface area contributed by atoms with Gasteiger partial charge in [-0.15, -0.1) is 0 Å². The minimum absolute atomic E-state index is 0.204. The van der Waals surface area contributed by atoms with Gasteiger partial charge in [0.1, 0.15) is 5.75 Å². The van der Waals surface area contributed by atoms with E-state index >= 15 is 0 Å². The van der Waals surface area contributed by atoms with Crippen LogP contribution in [0.1, 0.15) is 13.8 Å². The van der Waals surface area contributed by atoms with E-state index in [0.717, 1.165) is 12.2 Å². The van der Waals surface area contributed by atoms with Crippen molar-refractivity contribution < 1.29 is 4.74 Å². The first-order valence-electron chi connectivity index (χ1n) is 6.65. The lowest BCUT2D eigenvalue weighted by Gasteiger charge is -2.30. The molecular formula is C16H16Cl3NO. The molecule has 0 fully saturated rings. The van der Waals surface area contributed by atoms with Gasteiger partial charge in [-0.1, -0.05) is 40.9 Å². The molecule has 1 atom stereocenters. The van der Waals surface area contributed by atoms with E-state index in [4.69, 9.17) is 39.5 Å². The van der Waals surface area contributed by atoms with Crippen LogP contribution >= 0.6 is 34.8 Å². The van der Waals surface area contributed by atoms with Gasteiger partial charge in [0, 0.05) is 28.3 Å². The second-order valence-corrected chi connectivity index (χ2v) is 5.84. The first-order chi connectivity index (χ1) is 10.0. The molecule has 5 heteroatoms. The summed E-state index contributed by atoms with van der Waals surface area (Å²) in [5.41, 5.74) is 0.996. The second-order valence-electron chi connectivity index (χ2n) is 4.56. The Bertz CT molecular complexity index is 618. The molecule has 2 aromatic carbocycles. The summed E-state index contributed by atoms with van der Waals surface area (Å²) in [7, 11) is 0. The zero-order valence-corrected chi connectivity index (χ0v) is 14.1. The van der Waals surface area contributed by atoms with E-state index in [1.807, 2.05) is 31.2 Å². The topological polar surface area (TPSA) is 12.5 Å². The molecule has 21 heavy (non-hydrogen) atoms. The van der Waals surface area contributed by atoms with Gasteiger partial charge in [-0.2, -0.15) is 0 Å². The highest BCUT2D eigenvalue weighted by atomic mass is 35.5. The number of rotatable bonds is 5. The minimum Gasteiger partial charge on any atom is -0.469 e. The maximum Gasteiger partial charge on any atom is 0.169 e. The van der Waals surface area contributed by atoms with Crippen molar-refractivity contribution in [1.82, 2.24) is 0 Å². The fourth-order valence-electron chi connectivity index (χ4n) is 2.12. The third kappa shape index (κ3) is 4.19. The highest BCUT2D eigenvalue weighted by Gasteiger charge is 2.16. The zero-order chi connectivity index (χ0) is 15.4. The molecule has 2 aromatic rings. The van der Waals surface area contributed by atoms with Crippen molar-refractivity contribution in [1.29, 1.82) is 0 Å². The number of anilines is 1. The molecule has 0 amide bonds. The van der Waals surface area contributed by atoms with Crippen LogP contribution in [0.15, 0.2) is 42.5 Å². The summed E-state index contributed by atoms with van der Waals surface area (Å²) in [6.45, 7) is 4.79. The standard InChI is InChI=1S/C16H16Cl3NO/c1-3-20(14-6-4-5-12(17)9-14)11(2)21-16-10-13(18)7-8-15(16)19/h4-11H,3H2,1-2H3. The van der Waals surface area contributed by atoms with Crippen molar-refractivity contribution in [2.45, 2.75) is 20.1 Å². The van der Waals surface area contributed by atoms with Gasteiger partial charge in [-0.25, -0.2) is 0 Å². The molecule has 0 spiro atoms. The maximum absolute atomic E-state index is 6.14. The lowest BCUT2D eigenvalue weighted by atomic mass is 10.2. The number of benzene rings is 2. The summed E-state index contributed by atoms with van der Waals surface area (Å²) in [5, 5.41) is 1.82. The Balaban J connectivity index is 2.20. The molecule has 112 valence electrons. The predicted octanol–water partition coefficient (Wildman–Crippen LogP) is 5.90. The molecule has 0 aromatic heterocycles. The molecule has 0 aliphatic heterocycles. The van der Waals surface area contributed by atoms with Crippen LogP contribution in [0.4, 0.5) is 5.69 Å². The van der Waals surface area contributed by atoms with Crippen LogP contribution in [-0.2, 0) is 0 Å². The first-order valence-corrected chi connectivity index (χ1v) is 7.78. The number of hydrogen-bond acceptors (Lipinski definition) is 2. The highest BCUT2D eigenvalue weighted by Crippen LogP contribution is 2.30. The Kier molecular flexibility index (Phi) is 5.63. The molecule has 0 aliphatic rings. The SMILES string of the molecule is CCN(c1cccc(Cl)c1)C(C)Oc1cc(Cl)ccc1Cl. The average Bonchev–Trinajstić information content (AvgIpc) is 2.44. The van der Waals surface area contributed by atoms with Gasteiger partial charge >= 0.3 is 0 Å². The van der Waals surface area contributed by atoms with E-state index < -0.39 is 0 Å². The molecule has 2 rings (SSSR count). The third-order valence-corrected chi connectivity index (χ3v) is 3.89. The van der Waals surface area contributed by atoms with Gasteiger partial charge in [-0.3, -0.25) is 0 Å². The van der Waals surface area contributed by atoms with Crippen LogP contribution in [-0.4, -0.2) is 12.8 Å². The summed E-state index contributed by atoms with van der Waals surface area (Å²) in [4.78, 5) is 2.09. The molecule has 0 heterocycles. The summed E-state index contributed by atoms with van der Waals surface area (Å²) in [6, 6.07) is 12.8. The maximum atomic E-state index is 6.14. The quantitative estimate of drug-likeness (QED) is 0.626. The molecule has 0 bridgehead atoms. The molecule has 0 radical (unpaired) electrons. The molecule has 0 aliphatic carbocycles. The van der Waals surface area contributed by atoms with Crippen molar-refractivity contribution >= 4 is 40.5 Å². The molecule has 0 saturated heterocycles. The highest BCUT2D eigenvalue weighted by molar-refractivity contribution is 6.34. The summed E-state index contributed by atoms with van der Waals surface area (Å²) in [5.74, 6) is 0.567.